The van der Waals surface area contributed by atoms with Crippen LogP contribution in [0.15, 0.2) is 127 Å². The predicted octanol–water partition coefficient (Wildman–Crippen LogP) is 7.03. The summed E-state index contributed by atoms with van der Waals surface area (Å²) in [4.78, 5) is 2.35. The Labute approximate surface area is 210 Å². The first kappa shape index (κ1) is 23.1. The molecule has 4 aromatic rings. The van der Waals surface area contributed by atoms with Crippen LogP contribution in [0.5, 0.6) is 5.75 Å². The summed E-state index contributed by atoms with van der Waals surface area (Å²) in [6.45, 7) is 0.761. The van der Waals surface area contributed by atoms with E-state index in [1.54, 1.807) is 0 Å². The van der Waals surface area contributed by atoms with Crippen molar-refractivity contribution in [3.05, 3.63) is 139 Å². The molecular formula is C32H30NOP. The maximum atomic E-state index is 10.7. The monoisotopic (exact) mass is 475 g/mol. The van der Waals surface area contributed by atoms with Crippen molar-refractivity contribution < 1.29 is 5.11 Å². The maximum absolute atomic E-state index is 10.7. The van der Waals surface area contributed by atoms with E-state index in [1.165, 1.54) is 16.4 Å². The Morgan fingerprint density at radius 2 is 1.43 bits per heavy atom. The fourth-order valence-corrected chi connectivity index (χ4v) is 5.80. The lowest BCUT2D eigenvalue weighted by Gasteiger charge is -2.26. The molecule has 0 amide bonds. The highest BCUT2D eigenvalue weighted by Gasteiger charge is 2.14. The van der Waals surface area contributed by atoms with Gasteiger partial charge in [-0.15, -0.1) is 0 Å². The number of phenolic OH excluding ortho intramolecular Hbond substituents is 1. The van der Waals surface area contributed by atoms with Crippen molar-refractivity contribution in [1.29, 1.82) is 0 Å². The van der Waals surface area contributed by atoms with Crippen LogP contribution in [0.3, 0.4) is 0 Å². The van der Waals surface area contributed by atoms with E-state index < -0.39 is 0 Å². The van der Waals surface area contributed by atoms with Gasteiger partial charge in [-0.2, -0.15) is 0 Å². The molecule has 0 saturated heterocycles. The van der Waals surface area contributed by atoms with Crippen LogP contribution >= 0.6 is 8.58 Å². The average molecular weight is 476 g/mol. The zero-order valence-electron chi connectivity index (χ0n) is 19.7. The van der Waals surface area contributed by atoms with Gasteiger partial charge >= 0.3 is 0 Å². The molecule has 0 spiro atoms. The maximum Gasteiger partial charge on any atom is 0.123 e. The van der Waals surface area contributed by atoms with Crippen molar-refractivity contribution in [3.63, 3.8) is 0 Å². The highest BCUT2D eigenvalue weighted by molar-refractivity contribution is 7.55. The second kappa shape index (κ2) is 11.2. The van der Waals surface area contributed by atoms with Crippen molar-refractivity contribution in [3.8, 4) is 5.75 Å². The largest absolute Gasteiger partial charge is 0.507 e. The van der Waals surface area contributed by atoms with Crippen LogP contribution in [0.1, 0.15) is 17.5 Å². The van der Waals surface area contributed by atoms with Crippen LogP contribution in [0.2, 0.25) is 0 Å². The van der Waals surface area contributed by atoms with Gasteiger partial charge in [-0.1, -0.05) is 99.6 Å². The summed E-state index contributed by atoms with van der Waals surface area (Å²) in [6.07, 6.45) is 10.8. The number of hydrogen-bond acceptors (Lipinski definition) is 2. The molecule has 0 bridgehead atoms. The molecule has 0 radical (unpaired) electrons. The number of para-hydroxylation sites is 2. The van der Waals surface area contributed by atoms with Crippen molar-refractivity contribution >= 4 is 30.6 Å². The smallest absolute Gasteiger partial charge is 0.123 e. The lowest BCUT2D eigenvalue weighted by atomic mass is 9.93. The number of rotatable bonds is 8. The number of nitrogens with zero attached hydrogens (tertiary/aromatic N) is 1. The number of benzene rings is 4. The third-order valence-electron chi connectivity index (χ3n) is 6.38. The van der Waals surface area contributed by atoms with E-state index in [2.05, 4.69) is 126 Å². The fourth-order valence-electron chi connectivity index (χ4n) is 4.54. The second-order valence-electron chi connectivity index (χ2n) is 8.90. The van der Waals surface area contributed by atoms with Crippen molar-refractivity contribution in [1.82, 2.24) is 0 Å². The molecule has 0 fully saturated rings. The molecule has 3 heteroatoms. The van der Waals surface area contributed by atoms with Gasteiger partial charge in [0.15, 0.2) is 0 Å². The molecule has 0 aromatic heterocycles. The third kappa shape index (κ3) is 5.91. The molecule has 1 aliphatic carbocycles. The summed E-state index contributed by atoms with van der Waals surface area (Å²) in [6, 6.07) is 35.8. The lowest BCUT2D eigenvalue weighted by molar-refractivity contribution is 0.479. The minimum Gasteiger partial charge on any atom is -0.507 e. The van der Waals surface area contributed by atoms with Crippen molar-refractivity contribution in [2.75, 3.05) is 4.90 Å². The summed E-state index contributed by atoms with van der Waals surface area (Å²) in [5.74, 6) is 0.905. The molecule has 0 aliphatic heterocycles. The number of anilines is 2. The molecule has 2 nitrogen and oxygen atoms in total. The Hall–Kier alpha value is -3.61. The SMILES string of the molecule is Oc1ccc(CC2C=CC=CC2)cc1Pc1ccccc1CN(c1ccccc1)c1ccccc1. The normalized spacial score (nSPS) is 15.0. The van der Waals surface area contributed by atoms with Gasteiger partial charge in [-0.3, -0.25) is 0 Å². The number of phenols is 1. The van der Waals surface area contributed by atoms with Crippen LogP contribution < -0.4 is 15.5 Å². The topological polar surface area (TPSA) is 23.5 Å². The van der Waals surface area contributed by atoms with E-state index in [1.807, 2.05) is 6.07 Å². The molecule has 0 saturated carbocycles. The molecule has 174 valence electrons. The number of aromatic hydroxyl groups is 1. The first-order chi connectivity index (χ1) is 17.3. The van der Waals surface area contributed by atoms with E-state index in [9.17, 15) is 5.11 Å². The molecule has 5 rings (SSSR count). The Kier molecular flexibility index (Phi) is 7.41. The Morgan fingerprint density at radius 3 is 2.11 bits per heavy atom. The minimum absolute atomic E-state index is 0.379. The van der Waals surface area contributed by atoms with Crippen LogP contribution in [0, 0.1) is 5.92 Å². The van der Waals surface area contributed by atoms with E-state index in [0.717, 1.165) is 36.1 Å². The van der Waals surface area contributed by atoms with Crippen LogP contribution in [0.25, 0.3) is 0 Å². The van der Waals surface area contributed by atoms with E-state index in [-0.39, 0.29) is 0 Å². The highest BCUT2D eigenvalue weighted by Crippen LogP contribution is 2.29. The van der Waals surface area contributed by atoms with Gasteiger partial charge in [-0.25, -0.2) is 0 Å². The lowest BCUT2D eigenvalue weighted by Crippen LogP contribution is -2.21. The number of allylic oxidation sites excluding steroid dienone is 4. The molecule has 2 atom stereocenters. The Morgan fingerprint density at radius 1 is 0.743 bits per heavy atom. The van der Waals surface area contributed by atoms with E-state index in [0.29, 0.717) is 20.2 Å². The van der Waals surface area contributed by atoms with E-state index >= 15 is 0 Å². The summed E-state index contributed by atoms with van der Waals surface area (Å²) in [7, 11) is 0.389. The van der Waals surface area contributed by atoms with Crippen LogP contribution in [-0.4, -0.2) is 5.11 Å². The van der Waals surface area contributed by atoms with Crippen LogP contribution in [0.4, 0.5) is 11.4 Å². The second-order valence-corrected chi connectivity index (χ2v) is 10.2. The first-order valence-corrected chi connectivity index (χ1v) is 13.1. The molecule has 4 aromatic carbocycles. The zero-order chi connectivity index (χ0) is 23.9. The van der Waals surface area contributed by atoms with Crippen LogP contribution in [-0.2, 0) is 13.0 Å². The third-order valence-corrected chi connectivity index (χ3v) is 7.81. The standard InChI is InChI=1S/C32H30NOP/c34-30-21-20-26(22-25-12-4-1-5-13-25)23-32(30)35-31-19-11-10-14-27(31)24-33(28-15-6-2-7-16-28)29-17-8-3-9-18-29/h1-12,14-21,23,25,34-35H,13,22,24H2. The van der Waals surface area contributed by atoms with Gasteiger partial charge in [0.05, 0.1) is 0 Å². The number of hydrogen-bond donors (Lipinski definition) is 1. The van der Waals surface area contributed by atoms with Gasteiger partial charge in [0.1, 0.15) is 5.75 Å². The van der Waals surface area contributed by atoms with Gasteiger partial charge in [0.25, 0.3) is 0 Å². The molecule has 2 unspecified atom stereocenters. The van der Waals surface area contributed by atoms with Gasteiger partial charge in [-0.05, 0) is 71.6 Å². The van der Waals surface area contributed by atoms with Gasteiger partial charge in [0.2, 0.25) is 0 Å². The van der Waals surface area contributed by atoms with Gasteiger partial charge < -0.3 is 10.0 Å². The minimum atomic E-state index is 0.379. The highest BCUT2D eigenvalue weighted by atomic mass is 31.1. The first-order valence-electron chi connectivity index (χ1n) is 12.1. The molecule has 35 heavy (non-hydrogen) atoms. The summed E-state index contributed by atoms with van der Waals surface area (Å²) >= 11 is 0. The predicted molar refractivity (Wildman–Crippen MR) is 151 cm³/mol. The molecule has 0 heterocycles. The quantitative estimate of drug-likeness (QED) is 0.277. The fraction of sp³-hybridized carbons (Fsp3) is 0.125. The van der Waals surface area contributed by atoms with Gasteiger partial charge in [0, 0.05) is 23.2 Å². The van der Waals surface area contributed by atoms with Crippen molar-refractivity contribution in [2.24, 2.45) is 5.92 Å². The average Bonchev–Trinajstić information content (AvgIpc) is 2.91. The van der Waals surface area contributed by atoms with Crippen molar-refractivity contribution in [2.45, 2.75) is 19.4 Å². The molecule has 1 N–H and O–H groups in total. The summed E-state index contributed by atoms with van der Waals surface area (Å²) < 4.78 is 0. The summed E-state index contributed by atoms with van der Waals surface area (Å²) in [5.41, 5.74) is 4.87. The Balaban J connectivity index is 1.42. The molecule has 1 aliphatic rings. The zero-order valence-corrected chi connectivity index (χ0v) is 20.7. The Bertz CT molecular complexity index is 1270. The summed E-state index contributed by atoms with van der Waals surface area (Å²) in [5, 5.41) is 13.0. The van der Waals surface area contributed by atoms with E-state index in [4.69, 9.17) is 0 Å². The molecular weight excluding hydrogens is 445 g/mol.